The molecule has 2 amide bonds. The average Bonchev–Trinajstić information content (AvgIpc) is 2.64. The lowest BCUT2D eigenvalue weighted by atomic mass is 10.2. The third-order valence-electron chi connectivity index (χ3n) is 4.29. The molecule has 1 aliphatic heterocycles. The highest BCUT2D eigenvalue weighted by atomic mass is 79.9. The van der Waals surface area contributed by atoms with Gasteiger partial charge in [0.25, 0.3) is 0 Å². The number of halogens is 1. The van der Waals surface area contributed by atoms with Crippen LogP contribution in [0.25, 0.3) is 0 Å². The van der Waals surface area contributed by atoms with E-state index in [4.69, 9.17) is 5.26 Å². The first-order valence-corrected chi connectivity index (χ1v) is 8.93. The molecule has 6 heteroatoms. The predicted molar refractivity (Wildman–Crippen MR) is 103 cm³/mol. The summed E-state index contributed by atoms with van der Waals surface area (Å²) in [6.07, 6.45) is 0. The number of rotatable bonds is 2. The minimum atomic E-state index is -0.0796. The summed E-state index contributed by atoms with van der Waals surface area (Å²) in [4.78, 5) is 16.5. The number of carbonyl (C=O) groups is 1. The second-order valence-electron chi connectivity index (χ2n) is 6.05. The van der Waals surface area contributed by atoms with E-state index in [0.29, 0.717) is 18.7 Å². The van der Waals surface area contributed by atoms with Crippen molar-refractivity contribution in [1.29, 1.82) is 5.26 Å². The van der Waals surface area contributed by atoms with Gasteiger partial charge in [0.05, 0.1) is 17.3 Å². The Kier molecular flexibility index (Phi) is 5.25. The molecule has 5 nitrogen and oxygen atoms in total. The number of nitrogens with one attached hydrogen (secondary N) is 1. The number of anilines is 2. The molecule has 1 aliphatic rings. The van der Waals surface area contributed by atoms with Crippen molar-refractivity contribution in [2.75, 3.05) is 36.4 Å². The van der Waals surface area contributed by atoms with Crippen LogP contribution in [0.4, 0.5) is 16.2 Å². The highest BCUT2D eigenvalue weighted by Crippen LogP contribution is 2.24. The van der Waals surface area contributed by atoms with Gasteiger partial charge in [-0.05, 0) is 64.8 Å². The Morgan fingerprint density at radius 3 is 2.40 bits per heavy atom. The molecule has 2 aromatic carbocycles. The maximum Gasteiger partial charge on any atom is 0.321 e. The Hall–Kier alpha value is -2.52. The van der Waals surface area contributed by atoms with Crippen LogP contribution in [-0.4, -0.2) is 37.1 Å². The van der Waals surface area contributed by atoms with Crippen molar-refractivity contribution in [2.45, 2.75) is 6.92 Å². The van der Waals surface area contributed by atoms with Crippen LogP contribution in [-0.2, 0) is 0 Å². The van der Waals surface area contributed by atoms with Crippen LogP contribution in [0, 0.1) is 18.3 Å². The fourth-order valence-electron chi connectivity index (χ4n) is 2.83. The van der Waals surface area contributed by atoms with Crippen LogP contribution in [0.1, 0.15) is 11.1 Å². The minimum absolute atomic E-state index is 0.0796. The summed E-state index contributed by atoms with van der Waals surface area (Å²) in [5.41, 5.74) is 3.66. The van der Waals surface area contributed by atoms with E-state index in [9.17, 15) is 4.79 Å². The second kappa shape index (κ2) is 7.58. The van der Waals surface area contributed by atoms with Crippen molar-refractivity contribution in [3.05, 3.63) is 58.1 Å². The van der Waals surface area contributed by atoms with Gasteiger partial charge in [-0.3, -0.25) is 0 Å². The van der Waals surface area contributed by atoms with Gasteiger partial charge < -0.3 is 15.1 Å². The molecule has 2 aromatic rings. The summed E-state index contributed by atoms with van der Waals surface area (Å²) < 4.78 is 0.886. The lowest BCUT2D eigenvalue weighted by molar-refractivity contribution is 0.208. The van der Waals surface area contributed by atoms with Crippen LogP contribution in [0.15, 0.2) is 46.9 Å². The van der Waals surface area contributed by atoms with E-state index in [1.54, 1.807) is 0 Å². The van der Waals surface area contributed by atoms with Gasteiger partial charge in [0.1, 0.15) is 0 Å². The third-order valence-corrected chi connectivity index (χ3v) is 4.95. The third kappa shape index (κ3) is 4.12. The van der Waals surface area contributed by atoms with Crippen LogP contribution in [0.2, 0.25) is 0 Å². The van der Waals surface area contributed by atoms with Gasteiger partial charge in [-0.2, -0.15) is 5.26 Å². The Balaban J connectivity index is 1.57. The van der Waals surface area contributed by atoms with Crippen molar-refractivity contribution in [3.63, 3.8) is 0 Å². The van der Waals surface area contributed by atoms with Gasteiger partial charge in [0.2, 0.25) is 0 Å². The number of nitriles is 1. The molecule has 1 fully saturated rings. The number of piperazine rings is 1. The van der Waals surface area contributed by atoms with Gasteiger partial charge in [0.15, 0.2) is 0 Å². The Bertz CT molecular complexity index is 805. The molecule has 0 atom stereocenters. The molecule has 1 saturated heterocycles. The minimum Gasteiger partial charge on any atom is -0.368 e. The number of amides is 2. The molecule has 3 rings (SSSR count). The molecule has 0 radical (unpaired) electrons. The van der Waals surface area contributed by atoms with E-state index >= 15 is 0 Å². The number of benzene rings is 2. The molecular formula is C19H19BrN4O. The number of nitrogens with zero attached hydrogens (tertiary/aromatic N) is 3. The first-order valence-electron chi connectivity index (χ1n) is 8.14. The summed E-state index contributed by atoms with van der Waals surface area (Å²) in [6.45, 7) is 4.88. The van der Waals surface area contributed by atoms with Crippen molar-refractivity contribution < 1.29 is 4.79 Å². The summed E-state index contributed by atoms with van der Waals surface area (Å²) in [5, 5.41) is 11.8. The van der Waals surface area contributed by atoms with Crippen molar-refractivity contribution in [1.82, 2.24) is 4.90 Å². The highest BCUT2D eigenvalue weighted by molar-refractivity contribution is 9.10. The first kappa shape index (κ1) is 17.3. The molecule has 0 unspecified atom stereocenters. The van der Waals surface area contributed by atoms with E-state index in [1.165, 1.54) is 0 Å². The SMILES string of the molecule is Cc1ccc(NC(=O)N2CCN(c3ccc(C#N)cc3)CC2)c(Br)c1. The molecule has 1 N–H and O–H groups in total. The van der Waals surface area contributed by atoms with Gasteiger partial charge in [-0.1, -0.05) is 6.07 Å². The maximum absolute atomic E-state index is 12.5. The number of urea groups is 1. The van der Waals surface area contributed by atoms with Crippen LogP contribution >= 0.6 is 15.9 Å². The van der Waals surface area contributed by atoms with Crippen LogP contribution < -0.4 is 10.2 Å². The van der Waals surface area contributed by atoms with Crippen molar-refractivity contribution >= 4 is 33.3 Å². The molecule has 128 valence electrons. The van der Waals surface area contributed by atoms with E-state index in [-0.39, 0.29) is 6.03 Å². The van der Waals surface area contributed by atoms with E-state index in [1.807, 2.05) is 54.3 Å². The summed E-state index contributed by atoms with van der Waals surface area (Å²) in [6, 6.07) is 15.5. The standard InChI is InChI=1S/C19H19BrN4O/c1-14-2-7-18(17(20)12-14)22-19(25)24-10-8-23(9-11-24)16-5-3-15(13-21)4-6-16/h2-7,12H,8-11H2,1H3,(H,22,25). The molecule has 1 heterocycles. The zero-order valence-electron chi connectivity index (χ0n) is 14.0. The van der Waals surface area contributed by atoms with E-state index in [2.05, 4.69) is 32.2 Å². The van der Waals surface area contributed by atoms with Gasteiger partial charge in [-0.25, -0.2) is 4.79 Å². The topological polar surface area (TPSA) is 59.4 Å². The maximum atomic E-state index is 12.5. The fraction of sp³-hybridized carbons (Fsp3) is 0.263. The smallest absolute Gasteiger partial charge is 0.321 e. The summed E-state index contributed by atoms with van der Waals surface area (Å²) in [5.74, 6) is 0. The average molecular weight is 399 g/mol. The normalized spacial score (nSPS) is 14.1. The van der Waals surface area contributed by atoms with Crippen molar-refractivity contribution in [2.24, 2.45) is 0 Å². The number of hydrogen-bond donors (Lipinski definition) is 1. The molecule has 0 aromatic heterocycles. The number of carbonyl (C=O) groups excluding carboxylic acids is 1. The molecule has 0 spiro atoms. The fourth-order valence-corrected chi connectivity index (χ4v) is 3.42. The molecular weight excluding hydrogens is 380 g/mol. The molecule has 0 aliphatic carbocycles. The highest BCUT2D eigenvalue weighted by Gasteiger charge is 2.21. The zero-order chi connectivity index (χ0) is 17.8. The number of hydrogen-bond acceptors (Lipinski definition) is 3. The van der Waals surface area contributed by atoms with Gasteiger partial charge in [-0.15, -0.1) is 0 Å². The van der Waals surface area contributed by atoms with Crippen LogP contribution in [0.3, 0.4) is 0 Å². The predicted octanol–water partition coefficient (Wildman–Crippen LogP) is 3.98. The van der Waals surface area contributed by atoms with E-state index < -0.39 is 0 Å². The monoisotopic (exact) mass is 398 g/mol. The summed E-state index contributed by atoms with van der Waals surface area (Å²) in [7, 11) is 0. The number of aryl methyl sites for hydroxylation is 1. The lowest BCUT2D eigenvalue weighted by Crippen LogP contribution is -2.50. The van der Waals surface area contributed by atoms with E-state index in [0.717, 1.165) is 34.5 Å². The largest absolute Gasteiger partial charge is 0.368 e. The quantitative estimate of drug-likeness (QED) is 0.831. The molecule has 0 bridgehead atoms. The Labute approximate surface area is 156 Å². The van der Waals surface area contributed by atoms with Gasteiger partial charge in [0, 0.05) is 36.3 Å². The Morgan fingerprint density at radius 2 is 1.80 bits per heavy atom. The second-order valence-corrected chi connectivity index (χ2v) is 6.90. The molecule has 0 saturated carbocycles. The Morgan fingerprint density at radius 1 is 1.12 bits per heavy atom. The summed E-state index contributed by atoms with van der Waals surface area (Å²) >= 11 is 3.49. The zero-order valence-corrected chi connectivity index (χ0v) is 15.6. The van der Waals surface area contributed by atoms with Gasteiger partial charge >= 0.3 is 6.03 Å². The lowest BCUT2D eigenvalue weighted by Gasteiger charge is -2.36. The van der Waals surface area contributed by atoms with Crippen LogP contribution in [0.5, 0.6) is 0 Å². The first-order chi connectivity index (χ1) is 12.1. The molecule has 25 heavy (non-hydrogen) atoms. The van der Waals surface area contributed by atoms with Crippen molar-refractivity contribution in [3.8, 4) is 6.07 Å².